The van der Waals surface area contributed by atoms with E-state index in [0.717, 1.165) is 19.4 Å². The van der Waals surface area contributed by atoms with Crippen LogP contribution < -0.4 is 0 Å². The Balaban J connectivity index is 2.44. The molecule has 1 aliphatic heterocycles. The fourth-order valence-corrected chi connectivity index (χ4v) is 1.80. The molecule has 0 bridgehead atoms. The summed E-state index contributed by atoms with van der Waals surface area (Å²) < 4.78 is 5.58. The third kappa shape index (κ3) is 2.17. The van der Waals surface area contributed by atoms with E-state index >= 15 is 0 Å². The van der Waals surface area contributed by atoms with Gasteiger partial charge in [-0.3, -0.25) is 0 Å². The summed E-state index contributed by atoms with van der Waals surface area (Å²) in [7, 11) is 0. The third-order valence-electron chi connectivity index (χ3n) is 2.39. The van der Waals surface area contributed by atoms with E-state index in [-0.39, 0.29) is 12.7 Å². The molecule has 2 atom stereocenters. The smallest absolute Gasteiger partial charge is 0.0648 e. The maximum absolute atomic E-state index is 9.03. The first-order chi connectivity index (χ1) is 5.25. The topological polar surface area (TPSA) is 29.5 Å². The number of rotatable bonds is 2. The second-order valence-corrected chi connectivity index (χ2v) is 3.66. The molecule has 0 aromatic rings. The van der Waals surface area contributed by atoms with Crippen molar-refractivity contribution in [2.75, 3.05) is 13.2 Å². The van der Waals surface area contributed by atoms with E-state index in [1.54, 1.807) is 0 Å². The number of hydrogen-bond acceptors (Lipinski definition) is 2. The summed E-state index contributed by atoms with van der Waals surface area (Å²) in [5.74, 6) is 0.913. The first-order valence-corrected chi connectivity index (χ1v) is 4.48. The van der Waals surface area contributed by atoms with Crippen molar-refractivity contribution in [3.63, 3.8) is 0 Å². The molecule has 0 radical (unpaired) electrons. The lowest BCUT2D eigenvalue weighted by Crippen LogP contribution is -2.35. The zero-order chi connectivity index (χ0) is 8.27. The lowest BCUT2D eigenvalue weighted by molar-refractivity contribution is -0.0671. The Hall–Kier alpha value is -0.0800. The molecule has 0 aliphatic carbocycles. The van der Waals surface area contributed by atoms with Gasteiger partial charge < -0.3 is 9.84 Å². The van der Waals surface area contributed by atoms with Crippen molar-refractivity contribution in [2.24, 2.45) is 11.8 Å². The lowest BCUT2D eigenvalue weighted by Gasteiger charge is -2.33. The largest absolute Gasteiger partial charge is 0.396 e. The number of aliphatic hydroxyl groups excluding tert-OH is 1. The number of ether oxygens (including phenoxy) is 1. The third-order valence-corrected chi connectivity index (χ3v) is 2.39. The summed E-state index contributed by atoms with van der Waals surface area (Å²) in [5, 5.41) is 9.03. The Labute approximate surface area is 68.6 Å². The molecule has 66 valence electrons. The molecular formula is C9H18O2. The fraction of sp³-hybridized carbons (Fsp3) is 1.00. The van der Waals surface area contributed by atoms with E-state index < -0.39 is 0 Å². The molecule has 1 aliphatic rings. The van der Waals surface area contributed by atoms with Gasteiger partial charge in [-0.25, -0.2) is 0 Å². The predicted molar refractivity (Wildman–Crippen MR) is 44.4 cm³/mol. The van der Waals surface area contributed by atoms with Gasteiger partial charge in [0.05, 0.1) is 6.10 Å². The molecule has 0 aromatic carbocycles. The highest BCUT2D eigenvalue weighted by Gasteiger charge is 2.27. The van der Waals surface area contributed by atoms with Crippen LogP contribution in [0, 0.1) is 11.8 Å². The number of aliphatic hydroxyl groups is 1. The zero-order valence-electron chi connectivity index (χ0n) is 7.42. The van der Waals surface area contributed by atoms with Gasteiger partial charge in [0.15, 0.2) is 0 Å². The highest BCUT2D eigenvalue weighted by molar-refractivity contribution is 4.76. The first kappa shape index (κ1) is 9.01. The molecular weight excluding hydrogens is 140 g/mol. The lowest BCUT2D eigenvalue weighted by atomic mass is 9.88. The fourth-order valence-electron chi connectivity index (χ4n) is 1.80. The van der Waals surface area contributed by atoms with Crippen LogP contribution in [0.5, 0.6) is 0 Å². The van der Waals surface area contributed by atoms with Gasteiger partial charge in [0, 0.05) is 19.1 Å². The van der Waals surface area contributed by atoms with Crippen LogP contribution in [-0.4, -0.2) is 24.4 Å². The zero-order valence-corrected chi connectivity index (χ0v) is 7.42. The van der Waals surface area contributed by atoms with Crippen LogP contribution in [0.1, 0.15) is 26.7 Å². The Kier molecular flexibility index (Phi) is 3.34. The summed E-state index contributed by atoms with van der Waals surface area (Å²) in [4.78, 5) is 0. The molecule has 0 amide bonds. The molecule has 0 aromatic heterocycles. The molecule has 0 unspecified atom stereocenters. The van der Waals surface area contributed by atoms with Crippen LogP contribution in [0.3, 0.4) is 0 Å². The van der Waals surface area contributed by atoms with Gasteiger partial charge >= 0.3 is 0 Å². The highest BCUT2D eigenvalue weighted by Crippen LogP contribution is 2.25. The summed E-state index contributed by atoms with van der Waals surface area (Å²) in [5.41, 5.74) is 0. The Morgan fingerprint density at radius 1 is 1.55 bits per heavy atom. The number of hydrogen-bond donors (Lipinski definition) is 1. The van der Waals surface area contributed by atoms with E-state index in [1.807, 2.05) is 0 Å². The monoisotopic (exact) mass is 158 g/mol. The summed E-state index contributed by atoms with van der Waals surface area (Å²) in [6.07, 6.45) is 2.52. The molecule has 1 fully saturated rings. The average Bonchev–Trinajstić information content (AvgIpc) is 2.04. The molecule has 2 nitrogen and oxygen atoms in total. The second-order valence-electron chi connectivity index (χ2n) is 3.66. The molecule has 1 heterocycles. The molecule has 1 N–H and O–H groups in total. The van der Waals surface area contributed by atoms with Crippen LogP contribution >= 0.6 is 0 Å². The Morgan fingerprint density at radius 2 is 2.27 bits per heavy atom. The summed E-state index contributed by atoms with van der Waals surface area (Å²) in [6, 6.07) is 0. The SMILES string of the molecule is CC(C)[C@@H]1OCCC[C@H]1CO. The van der Waals surface area contributed by atoms with Crippen molar-refractivity contribution in [3.05, 3.63) is 0 Å². The van der Waals surface area contributed by atoms with Gasteiger partial charge in [-0.2, -0.15) is 0 Å². The first-order valence-electron chi connectivity index (χ1n) is 4.48. The van der Waals surface area contributed by atoms with Gasteiger partial charge in [0.25, 0.3) is 0 Å². The van der Waals surface area contributed by atoms with Gasteiger partial charge in [-0.05, 0) is 18.8 Å². The predicted octanol–water partition coefficient (Wildman–Crippen LogP) is 1.43. The molecule has 1 saturated heterocycles. The Bertz CT molecular complexity index is 112. The van der Waals surface area contributed by atoms with Crippen molar-refractivity contribution in [2.45, 2.75) is 32.8 Å². The van der Waals surface area contributed by atoms with Crippen molar-refractivity contribution in [1.82, 2.24) is 0 Å². The van der Waals surface area contributed by atoms with E-state index in [2.05, 4.69) is 13.8 Å². The molecule has 2 heteroatoms. The standard InChI is InChI=1S/C9H18O2/c1-7(2)9-8(6-10)4-3-5-11-9/h7-10H,3-6H2,1-2H3/t8-,9-/m0/s1. The highest BCUT2D eigenvalue weighted by atomic mass is 16.5. The minimum Gasteiger partial charge on any atom is -0.396 e. The minimum absolute atomic E-state index is 0.281. The van der Waals surface area contributed by atoms with Crippen molar-refractivity contribution >= 4 is 0 Å². The van der Waals surface area contributed by atoms with E-state index in [4.69, 9.17) is 9.84 Å². The van der Waals surface area contributed by atoms with E-state index in [0.29, 0.717) is 11.8 Å². The minimum atomic E-state index is 0.281. The normalized spacial score (nSPS) is 32.7. The summed E-state index contributed by atoms with van der Waals surface area (Å²) in [6.45, 7) is 5.46. The van der Waals surface area contributed by atoms with Crippen LogP contribution in [0.4, 0.5) is 0 Å². The molecule has 0 spiro atoms. The van der Waals surface area contributed by atoms with Crippen LogP contribution in [0.2, 0.25) is 0 Å². The van der Waals surface area contributed by atoms with Gasteiger partial charge in [-0.15, -0.1) is 0 Å². The average molecular weight is 158 g/mol. The maximum atomic E-state index is 9.03. The molecule has 11 heavy (non-hydrogen) atoms. The van der Waals surface area contributed by atoms with Crippen molar-refractivity contribution < 1.29 is 9.84 Å². The van der Waals surface area contributed by atoms with Crippen LogP contribution in [0.15, 0.2) is 0 Å². The van der Waals surface area contributed by atoms with Crippen LogP contribution in [0.25, 0.3) is 0 Å². The van der Waals surface area contributed by atoms with Crippen molar-refractivity contribution in [3.8, 4) is 0 Å². The van der Waals surface area contributed by atoms with Crippen molar-refractivity contribution in [1.29, 1.82) is 0 Å². The second kappa shape index (κ2) is 4.07. The van der Waals surface area contributed by atoms with E-state index in [9.17, 15) is 0 Å². The quantitative estimate of drug-likeness (QED) is 0.658. The van der Waals surface area contributed by atoms with Gasteiger partial charge in [-0.1, -0.05) is 13.8 Å². The maximum Gasteiger partial charge on any atom is 0.0648 e. The Morgan fingerprint density at radius 3 is 2.73 bits per heavy atom. The van der Waals surface area contributed by atoms with E-state index in [1.165, 1.54) is 0 Å². The van der Waals surface area contributed by atoms with Gasteiger partial charge in [0.2, 0.25) is 0 Å². The molecule has 1 rings (SSSR count). The van der Waals surface area contributed by atoms with Gasteiger partial charge in [0.1, 0.15) is 0 Å². The van der Waals surface area contributed by atoms with Crippen LogP contribution in [-0.2, 0) is 4.74 Å². The molecule has 0 saturated carbocycles. The summed E-state index contributed by atoms with van der Waals surface area (Å²) >= 11 is 0.